The van der Waals surface area contributed by atoms with Gasteiger partial charge in [0, 0.05) is 32.2 Å². The fourth-order valence-electron chi connectivity index (χ4n) is 4.54. The van der Waals surface area contributed by atoms with Crippen molar-refractivity contribution in [3.63, 3.8) is 0 Å². The lowest BCUT2D eigenvalue weighted by atomic mass is 10.0. The molecule has 1 rings (SSSR count). The first-order valence-electron chi connectivity index (χ1n) is 15.7. The molecule has 1 N–H and O–H groups in total. The molecule has 0 fully saturated rings. The van der Waals surface area contributed by atoms with Crippen LogP contribution >= 0.6 is 0 Å². The number of nitrogens with zero attached hydrogens (tertiary/aromatic N) is 1. The molecule has 0 unspecified atom stereocenters. The summed E-state index contributed by atoms with van der Waals surface area (Å²) in [5.74, 6) is -0.296. The molecular formula is C32H57ClN2O5. The van der Waals surface area contributed by atoms with Crippen LogP contribution in [0.4, 0.5) is 4.79 Å². The van der Waals surface area contributed by atoms with Crippen molar-refractivity contribution in [3.8, 4) is 0 Å². The zero-order chi connectivity index (χ0) is 28.2. The molecule has 0 aromatic carbocycles. The molecule has 1 heterocycles. The number of hydrogen-bond acceptors (Lipinski definition) is 5. The normalized spacial score (nSPS) is 11.4. The van der Waals surface area contributed by atoms with Crippen LogP contribution in [-0.4, -0.2) is 45.0 Å². The summed E-state index contributed by atoms with van der Waals surface area (Å²) < 4.78 is 18.4. The summed E-state index contributed by atoms with van der Waals surface area (Å²) in [5.41, 5.74) is 0. The van der Waals surface area contributed by atoms with Gasteiger partial charge >= 0.3 is 12.1 Å². The summed E-state index contributed by atoms with van der Waals surface area (Å²) in [5, 5.41) is 2.44. The van der Waals surface area contributed by atoms with Gasteiger partial charge in [-0.05, 0) is 6.42 Å². The van der Waals surface area contributed by atoms with E-state index in [9.17, 15) is 9.59 Å². The van der Waals surface area contributed by atoms with E-state index >= 15 is 0 Å². The number of alkyl carbamates (subject to hydrolysis) is 1. The molecule has 232 valence electrons. The number of nitrogens with one attached hydrogen (secondary N) is 1. The van der Waals surface area contributed by atoms with Crippen LogP contribution in [0.15, 0.2) is 30.6 Å². The lowest BCUT2D eigenvalue weighted by molar-refractivity contribution is -0.697. The number of carbonyl (C=O) groups is 2. The molecule has 0 saturated heterocycles. The van der Waals surface area contributed by atoms with Gasteiger partial charge in [-0.3, -0.25) is 4.79 Å². The predicted molar refractivity (Wildman–Crippen MR) is 157 cm³/mol. The third-order valence-electron chi connectivity index (χ3n) is 6.93. The number of aryl methyl sites for hydroxylation is 1. The first kappa shape index (κ1) is 38.1. The third-order valence-corrected chi connectivity index (χ3v) is 6.93. The molecule has 0 aliphatic rings. The number of unbranched alkanes of at least 4 members (excludes halogenated alkanes) is 15. The first-order chi connectivity index (χ1) is 19.2. The largest absolute Gasteiger partial charge is 1.00 e. The van der Waals surface area contributed by atoms with E-state index in [2.05, 4.69) is 12.2 Å². The smallest absolute Gasteiger partial charge is 0.407 e. The fourth-order valence-corrected chi connectivity index (χ4v) is 4.54. The van der Waals surface area contributed by atoms with Gasteiger partial charge in [-0.2, -0.15) is 0 Å². The van der Waals surface area contributed by atoms with Crippen LogP contribution in [0.25, 0.3) is 0 Å². The molecule has 40 heavy (non-hydrogen) atoms. The first-order valence-corrected chi connectivity index (χ1v) is 15.7. The summed E-state index contributed by atoms with van der Waals surface area (Å²) in [7, 11) is 1.50. The van der Waals surface area contributed by atoms with Gasteiger partial charge < -0.3 is 31.9 Å². The van der Waals surface area contributed by atoms with E-state index in [1.165, 1.54) is 96.9 Å². The highest BCUT2D eigenvalue weighted by atomic mass is 35.5. The van der Waals surface area contributed by atoms with Gasteiger partial charge in [0.1, 0.15) is 13.2 Å². The predicted octanol–water partition coefficient (Wildman–Crippen LogP) is 4.30. The summed E-state index contributed by atoms with van der Waals surface area (Å²) in [6.45, 7) is 3.87. The lowest BCUT2D eigenvalue weighted by Crippen LogP contribution is -3.00. The number of rotatable bonds is 26. The number of amides is 1. The Hall–Kier alpha value is -1.86. The van der Waals surface area contributed by atoms with Gasteiger partial charge in [-0.1, -0.05) is 109 Å². The minimum atomic E-state index is -0.613. The van der Waals surface area contributed by atoms with Crippen molar-refractivity contribution >= 4 is 12.1 Å². The van der Waals surface area contributed by atoms with Crippen LogP contribution in [-0.2, 0) is 25.5 Å². The minimum absolute atomic E-state index is 0. The zero-order valence-corrected chi connectivity index (χ0v) is 26.1. The van der Waals surface area contributed by atoms with Gasteiger partial charge in [-0.25, -0.2) is 9.36 Å². The summed E-state index contributed by atoms with van der Waals surface area (Å²) >= 11 is 0. The molecule has 0 spiro atoms. The Balaban J connectivity index is 0.0000152. The molecule has 1 aromatic rings. The van der Waals surface area contributed by atoms with Crippen LogP contribution in [0.1, 0.15) is 122 Å². The summed E-state index contributed by atoms with van der Waals surface area (Å²) in [4.78, 5) is 23.8. The lowest BCUT2D eigenvalue weighted by Gasteiger charge is -2.18. The Bertz CT molecular complexity index is 708. The number of halogens is 1. The summed E-state index contributed by atoms with van der Waals surface area (Å²) in [6.07, 6.45) is 25.1. The van der Waals surface area contributed by atoms with Crippen LogP contribution in [0.2, 0.25) is 0 Å². The maximum Gasteiger partial charge on any atom is 0.407 e. The van der Waals surface area contributed by atoms with E-state index in [0.717, 1.165) is 19.4 Å². The quantitative estimate of drug-likeness (QED) is 0.0998. The van der Waals surface area contributed by atoms with E-state index in [0.29, 0.717) is 19.4 Å². The maximum absolute atomic E-state index is 12.1. The standard InChI is InChI=1S/C32H56N2O5.ClH/c1-3-4-5-6-7-8-9-10-11-12-13-14-15-16-17-21-27-37-28-30(39-32(36)33-2)29-38-31(35)23-22-26-34-24-19-18-20-25-34;/h18-20,24-25,30H,3-17,21-23,26-29H2,1-2H3;1H/t30-;/m0./s1. The van der Waals surface area contributed by atoms with E-state index in [1.807, 2.05) is 35.2 Å². The van der Waals surface area contributed by atoms with E-state index < -0.39 is 12.2 Å². The number of aromatic nitrogens is 1. The van der Waals surface area contributed by atoms with Crippen molar-refractivity contribution in [1.29, 1.82) is 0 Å². The molecule has 8 heteroatoms. The van der Waals surface area contributed by atoms with Crippen LogP contribution in [0, 0.1) is 0 Å². The van der Waals surface area contributed by atoms with Crippen LogP contribution in [0.5, 0.6) is 0 Å². The second-order valence-electron chi connectivity index (χ2n) is 10.6. The van der Waals surface area contributed by atoms with Crippen molar-refractivity contribution < 1.29 is 40.8 Å². The molecule has 7 nitrogen and oxygen atoms in total. The molecule has 0 aliphatic heterocycles. The van der Waals surface area contributed by atoms with Crippen LogP contribution in [0.3, 0.4) is 0 Å². The highest BCUT2D eigenvalue weighted by molar-refractivity contribution is 5.69. The fraction of sp³-hybridized carbons (Fsp3) is 0.781. The average molecular weight is 585 g/mol. The molecule has 0 bridgehead atoms. The molecule has 0 radical (unpaired) electrons. The molecule has 0 saturated carbocycles. The molecule has 1 amide bonds. The van der Waals surface area contributed by atoms with Crippen molar-refractivity contribution in [2.45, 2.75) is 135 Å². The SMILES string of the molecule is CCCCCCCCCCCCCCCCCCOC[C@@H](COC(=O)CCC[n+]1ccccc1)OC(=O)NC.[Cl-]. The highest BCUT2D eigenvalue weighted by Crippen LogP contribution is 2.13. The Labute approximate surface area is 250 Å². The van der Waals surface area contributed by atoms with Crippen molar-refractivity contribution in [2.24, 2.45) is 0 Å². The van der Waals surface area contributed by atoms with Gasteiger partial charge in [0.2, 0.25) is 0 Å². The van der Waals surface area contributed by atoms with Gasteiger partial charge in [0.05, 0.1) is 13.0 Å². The molecular weight excluding hydrogens is 528 g/mol. The number of carbonyl (C=O) groups excluding carboxylic acids is 2. The maximum atomic E-state index is 12.1. The van der Waals surface area contributed by atoms with Crippen molar-refractivity contribution in [1.82, 2.24) is 5.32 Å². The van der Waals surface area contributed by atoms with Gasteiger partial charge in [0.25, 0.3) is 0 Å². The van der Waals surface area contributed by atoms with E-state index in [1.54, 1.807) is 0 Å². The van der Waals surface area contributed by atoms with Crippen LogP contribution < -0.4 is 22.3 Å². The molecule has 0 aliphatic carbocycles. The van der Waals surface area contributed by atoms with E-state index in [4.69, 9.17) is 14.2 Å². The number of pyridine rings is 1. The monoisotopic (exact) mass is 584 g/mol. The van der Waals surface area contributed by atoms with Gasteiger partial charge in [-0.15, -0.1) is 0 Å². The van der Waals surface area contributed by atoms with Gasteiger partial charge in [0.15, 0.2) is 18.5 Å². The third kappa shape index (κ3) is 24.0. The van der Waals surface area contributed by atoms with E-state index in [-0.39, 0.29) is 31.6 Å². The Morgan fingerprint density at radius 3 is 1.77 bits per heavy atom. The Morgan fingerprint density at radius 2 is 1.25 bits per heavy atom. The number of esters is 1. The average Bonchev–Trinajstić information content (AvgIpc) is 2.95. The second-order valence-corrected chi connectivity index (χ2v) is 10.6. The van der Waals surface area contributed by atoms with Crippen molar-refractivity contribution in [3.05, 3.63) is 30.6 Å². The number of ether oxygens (including phenoxy) is 3. The Morgan fingerprint density at radius 1 is 0.725 bits per heavy atom. The summed E-state index contributed by atoms with van der Waals surface area (Å²) in [6, 6.07) is 5.87. The zero-order valence-electron chi connectivity index (χ0n) is 25.4. The molecule has 1 aromatic heterocycles. The molecule has 1 atom stereocenters. The topological polar surface area (TPSA) is 77.7 Å². The Kier molecular flexibility index (Phi) is 27.3. The minimum Gasteiger partial charge on any atom is -1.00 e. The number of hydrogen-bond donors (Lipinski definition) is 1. The second kappa shape index (κ2) is 28.7. The highest BCUT2D eigenvalue weighted by Gasteiger charge is 2.17. The van der Waals surface area contributed by atoms with Crippen molar-refractivity contribution in [2.75, 3.05) is 26.9 Å².